The Morgan fingerprint density at radius 3 is 2.78 bits per heavy atom. The Balaban J connectivity index is 1.46. The summed E-state index contributed by atoms with van der Waals surface area (Å²) in [5.74, 6) is 0.450. The van der Waals surface area contributed by atoms with Crippen LogP contribution in [-0.4, -0.2) is 66.6 Å². The SMILES string of the molecule is Cc1c(C(=O)N=S2(=O)CCNCC2)cn2ncnc(Nc3ccc(F)cc3O[C@H]3CC[C@H](O)CC3)c12. The van der Waals surface area contributed by atoms with Crippen molar-refractivity contribution in [3.05, 3.63) is 47.7 Å². The van der Waals surface area contributed by atoms with Crippen molar-refractivity contribution in [3.63, 3.8) is 0 Å². The van der Waals surface area contributed by atoms with Crippen molar-refractivity contribution >= 4 is 32.7 Å². The first-order chi connectivity index (χ1) is 17.3. The highest BCUT2D eigenvalue weighted by atomic mass is 32.2. The number of carbonyl (C=O) groups is 1. The second-order valence-electron chi connectivity index (χ2n) is 9.21. The Hall–Kier alpha value is -3.09. The summed E-state index contributed by atoms with van der Waals surface area (Å²) in [4.78, 5) is 17.3. The van der Waals surface area contributed by atoms with Crippen LogP contribution in [0, 0.1) is 12.7 Å². The number of carbonyl (C=O) groups excluding carboxylic acids is 1. The lowest BCUT2D eigenvalue weighted by Gasteiger charge is -2.27. The predicted molar refractivity (Wildman–Crippen MR) is 134 cm³/mol. The number of amides is 1. The number of halogens is 1. The fraction of sp³-hybridized carbons (Fsp3) is 0.458. The third kappa shape index (κ3) is 5.20. The highest BCUT2D eigenvalue weighted by Gasteiger charge is 2.24. The van der Waals surface area contributed by atoms with Gasteiger partial charge in [0.25, 0.3) is 5.91 Å². The van der Waals surface area contributed by atoms with E-state index in [9.17, 15) is 18.5 Å². The van der Waals surface area contributed by atoms with Crippen molar-refractivity contribution in [3.8, 4) is 5.75 Å². The largest absolute Gasteiger partial charge is 0.488 e. The third-order valence-corrected chi connectivity index (χ3v) is 8.82. The van der Waals surface area contributed by atoms with Gasteiger partial charge in [-0.2, -0.15) is 9.46 Å². The molecule has 5 rings (SSSR count). The average Bonchev–Trinajstić information content (AvgIpc) is 3.20. The van der Waals surface area contributed by atoms with Crippen LogP contribution in [0.5, 0.6) is 5.75 Å². The number of aliphatic hydroxyl groups is 1. The minimum atomic E-state index is -2.59. The van der Waals surface area contributed by atoms with E-state index in [-0.39, 0.29) is 12.2 Å². The molecule has 0 radical (unpaired) electrons. The van der Waals surface area contributed by atoms with E-state index < -0.39 is 21.5 Å². The van der Waals surface area contributed by atoms with Gasteiger partial charge < -0.3 is 20.5 Å². The van der Waals surface area contributed by atoms with Gasteiger partial charge in [-0.05, 0) is 50.3 Å². The molecule has 3 N–H and O–H groups in total. The van der Waals surface area contributed by atoms with E-state index in [0.717, 1.165) is 0 Å². The summed E-state index contributed by atoms with van der Waals surface area (Å²) in [7, 11) is -2.59. The van der Waals surface area contributed by atoms with Crippen molar-refractivity contribution in [2.45, 2.75) is 44.8 Å². The molecule has 2 aromatic heterocycles. The number of anilines is 2. The Labute approximate surface area is 208 Å². The second kappa shape index (κ2) is 10.1. The van der Waals surface area contributed by atoms with Crippen molar-refractivity contribution in [2.75, 3.05) is 29.9 Å². The standard InChI is InChI=1S/C24H29FN6O4S/c1-15-19(24(33)30-36(34)10-8-26-9-11-36)13-31-22(15)23(27-14-28-31)29-20-7-2-16(25)12-21(20)35-18-5-3-17(32)4-6-18/h2,7,12-14,17-18,26,32H,3-6,8-11H2,1H3,(H,27,28,29)/t17-,18-. The van der Waals surface area contributed by atoms with Crippen molar-refractivity contribution < 1.29 is 23.2 Å². The van der Waals surface area contributed by atoms with E-state index in [0.29, 0.717) is 84.2 Å². The summed E-state index contributed by atoms with van der Waals surface area (Å²) in [5.41, 5.74) is 1.96. The van der Waals surface area contributed by atoms with Gasteiger partial charge in [0.05, 0.1) is 33.2 Å². The van der Waals surface area contributed by atoms with E-state index in [1.807, 2.05) is 0 Å². The molecule has 1 saturated heterocycles. The molecule has 2 aliphatic rings. The van der Waals surface area contributed by atoms with Crippen molar-refractivity contribution in [1.82, 2.24) is 19.9 Å². The van der Waals surface area contributed by atoms with Crippen LogP contribution in [0.2, 0.25) is 0 Å². The van der Waals surface area contributed by atoms with Crippen LogP contribution in [0.25, 0.3) is 5.52 Å². The van der Waals surface area contributed by atoms with Gasteiger partial charge in [0.15, 0.2) is 5.82 Å². The summed E-state index contributed by atoms with van der Waals surface area (Å²) in [6.45, 7) is 2.89. The topological polar surface area (TPSA) is 130 Å². The zero-order chi connectivity index (χ0) is 25.3. The van der Waals surface area contributed by atoms with Gasteiger partial charge in [-0.25, -0.2) is 18.1 Å². The predicted octanol–water partition coefficient (Wildman–Crippen LogP) is 2.81. The summed E-state index contributed by atoms with van der Waals surface area (Å²) in [5, 5.41) is 20.3. The molecule has 0 spiro atoms. The molecule has 1 saturated carbocycles. The average molecular weight is 517 g/mol. The molecule has 1 aliphatic heterocycles. The number of nitrogens with one attached hydrogen (secondary N) is 2. The maximum absolute atomic E-state index is 14.1. The number of fused-ring (bicyclic) bond motifs is 1. The number of aromatic nitrogens is 3. The highest BCUT2D eigenvalue weighted by Crippen LogP contribution is 2.34. The number of aliphatic hydroxyl groups excluding tert-OH is 1. The smallest absolute Gasteiger partial charge is 0.287 e. The normalized spacial score (nSPS) is 21.8. The van der Waals surface area contributed by atoms with Gasteiger partial charge in [-0.15, -0.1) is 0 Å². The summed E-state index contributed by atoms with van der Waals surface area (Å²) in [6.07, 6.45) is 5.11. The van der Waals surface area contributed by atoms with Crippen molar-refractivity contribution in [2.24, 2.45) is 4.36 Å². The van der Waals surface area contributed by atoms with Gasteiger partial charge in [0.2, 0.25) is 0 Å². The molecule has 1 aliphatic carbocycles. The van der Waals surface area contributed by atoms with E-state index in [2.05, 4.69) is 25.1 Å². The molecule has 0 bridgehead atoms. The number of rotatable bonds is 5. The van der Waals surface area contributed by atoms with Crippen molar-refractivity contribution in [1.29, 1.82) is 0 Å². The molecular formula is C24H29FN6O4S. The highest BCUT2D eigenvalue weighted by molar-refractivity contribution is 7.94. The molecule has 10 nitrogen and oxygen atoms in total. The van der Waals surface area contributed by atoms with Crippen LogP contribution in [-0.2, 0) is 9.73 Å². The Bertz CT molecular complexity index is 1400. The number of nitrogens with zero attached hydrogens (tertiary/aromatic N) is 4. The molecule has 192 valence electrons. The molecule has 1 amide bonds. The molecule has 12 heteroatoms. The first-order valence-corrected chi connectivity index (χ1v) is 13.9. The fourth-order valence-corrected chi connectivity index (χ4v) is 6.33. The molecule has 0 atom stereocenters. The number of ether oxygens (including phenoxy) is 1. The number of benzene rings is 1. The summed E-state index contributed by atoms with van der Waals surface area (Å²) >= 11 is 0. The molecule has 0 unspecified atom stereocenters. The molecule has 2 fully saturated rings. The minimum absolute atomic E-state index is 0.126. The molecule has 1 aromatic carbocycles. The first-order valence-electron chi connectivity index (χ1n) is 12.0. The van der Waals surface area contributed by atoms with Crippen LogP contribution in [0.1, 0.15) is 41.6 Å². The summed E-state index contributed by atoms with van der Waals surface area (Å²) < 4.78 is 38.7. The minimum Gasteiger partial charge on any atom is -0.488 e. The molecular weight excluding hydrogens is 487 g/mol. The third-order valence-electron chi connectivity index (χ3n) is 6.64. The second-order valence-corrected chi connectivity index (χ2v) is 11.8. The van der Waals surface area contributed by atoms with Crippen LogP contribution in [0.15, 0.2) is 35.1 Å². The molecule has 36 heavy (non-hydrogen) atoms. The fourth-order valence-electron chi connectivity index (χ4n) is 4.62. The lowest BCUT2D eigenvalue weighted by molar-refractivity contribution is 0.0668. The Kier molecular flexibility index (Phi) is 6.91. The van der Waals surface area contributed by atoms with Crippen LogP contribution in [0.4, 0.5) is 15.9 Å². The van der Waals surface area contributed by atoms with Gasteiger partial charge in [0, 0.05) is 36.9 Å². The number of hydrogen-bond acceptors (Lipinski definition) is 8. The zero-order valence-corrected chi connectivity index (χ0v) is 20.8. The van der Waals surface area contributed by atoms with Gasteiger partial charge in [-0.3, -0.25) is 4.79 Å². The van der Waals surface area contributed by atoms with Crippen LogP contribution in [0.3, 0.4) is 0 Å². The Morgan fingerprint density at radius 1 is 1.28 bits per heavy atom. The van der Waals surface area contributed by atoms with E-state index in [1.165, 1.54) is 23.0 Å². The van der Waals surface area contributed by atoms with Gasteiger partial charge in [-0.1, -0.05) is 0 Å². The number of hydrogen-bond donors (Lipinski definition) is 3. The number of aryl methyl sites for hydroxylation is 1. The first kappa shape index (κ1) is 24.6. The zero-order valence-electron chi connectivity index (χ0n) is 19.9. The maximum atomic E-state index is 14.1. The quantitative estimate of drug-likeness (QED) is 0.472. The van der Waals surface area contributed by atoms with E-state index >= 15 is 0 Å². The maximum Gasteiger partial charge on any atom is 0.287 e. The van der Waals surface area contributed by atoms with Gasteiger partial charge >= 0.3 is 0 Å². The molecule has 3 heterocycles. The lowest BCUT2D eigenvalue weighted by atomic mass is 9.95. The molecule has 3 aromatic rings. The summed E-state index contributed by atoms with van der Waals surface area (Å²) in [6, 6.07) is 4.22. The lowest BCUT2D eigenvalue weighted by Crippen LogP contribution is -2.36. The Morgan fingerprint density at radius 2 is 2.03 bits per heavy atom. The van der Waals surface area contributed by atoms with E-state index in [4.69, 9.17) is 4.74 Å². The van der Waals surface area contributed by atoms with Crippen LogP contribution < -0.4 is 15.4 Å². The van der Waals surface area contributed by atoms with Gasteiger partial charge in [0.1, 0.15) is 23.4 Å². The van der Waals surface area contributed by atoms with Crippen LogP contribution >= 0.6 is 0 Å². The van der Waals surface area contributed by atoms with E-state index in [1.54, 1.807) is 19.2 Å². The monoisotopic (exact) mass is 516 g/mol.